The first-order valence-electron chi connectivity index (χ1n) is 6.69. The predicted molar refractivity (Wildman–Crippen MR) is 86.2 cm³/mol. The van der Waals surface area contributed by atoms with Crippen molar-refractivity contribution in [3.63, 3.8) is 0 Å². The lowest BCUT2D eigenvalue weighted by Gasteiger charge is -2.36. The van der Waals surface area contributed by atoms with Crippen molar-refractivity contribution < 1.29 is 4.43 Å². The van der Waals surface area contributed by atoms with Crippen molar-refractivity contribution in [1.82, 2.24) is 0 Å². The van der Waals surface area contributed by atoms with E-state index in [9.17, 15) is 0 Å². The Morgan fingerprint density at radius 1 is 1.16 bits per heavy atom. The highest BCUT2D eigenvalue weighted by molar-refractivity contribution is 6.74. The zero-order valence-electron chi connectivity index (χ0n) is 12.9. The van der Waals surface area contributed by atoms with Crippen molar-refractivity contribution in [2.24, 2.45) is 0 Å². The molecule has 0 fully saturated rings. The number of hydrogen-bond donors (Lipinski definition) is 1. The van der Waals surface area contributed by atoms with E-state index in [1.807, 2.05) is 31.2 Å². The highest BCUT2D eigenvalue weighted by Crippen LogP contribution is 2.37. The molecule has 0 heterocycles. The Morgan fingerprint density at radius 3 is 2.21 bits per heavy atom. The summed E-state index contributed by atoms with van der Waals surface area (Å²) >= 11 is 0. The summed E-state index contributed by atoms with van der Waals surface area (Å²) < 4.78 is 6.23. The second-order valence-electron chi connectivity index (χ2n) is 6.17. The zero-order chi connectivity index (χ0) is 14.5. The Labute approximate surface area is 118 Å². The molecule has 1 aromatic rings. The molecule has 3 heteroatoms. The predicted octanol–water partition coefficient (Wildman–Crippen LogP) is 4.51. The Bertz CT molecular complexity index is 460. The molecule has 0 spiro atoms. The molecule has 0 radical (unpaired) electrons. The molecule has 0 aromatic heterocycles. The molecule has 0 unspecified atom stereocenters. The van der Waals surface area contributed by atoms with Crippen LogP contribution in [-0.4, -0.2) is 14.9 Å². The van der Waals surface area contributed by atoms with Crippen molar-refractivity contribution in [3.05, 3.63) is 24.3 Å². The average molecular weight is 275 g/mol. The molecule has 0 saturated heterocycles. The summed E-state index contributed by atoms with van der Waals surface area (Å²) in [5, 5.41) is 3.47. The minimum Gasteiger partial charge on any atom is -0.544 e. The Morgan fingerprint density at radius 2 is 1.74 bits per heavy atom. The number of rotatable bonds is 4. The van der Waals surface area contributed by atoms with E-state index in [2.05, 4.69) is 51.0 Å². The van der Waals surface area contributed by atoms with E-state index in [-0.39, 0.29) is 5.04 Å². The molecule has 0 aliphatic rings. The van der Waals surface area contributed by atoms with Crippen LogP contribution in [0.4, 0.5) is 5.69 Å². The van der Waals surface area contributed by atoms with Gasteiger partial charge in [-0.3, -0.25) is 0 Å². The Balaban J connectivity index is 2.68. The molecule has 0 bridgehead atoms. The van der Waals surface area contributed by atoms with Crippen LogP contribution in [0.2, 0.25) is 18.1 Å². The highest BCUT2D eigenvalue weighted by atomic mass is 28.4. The monoisotopic (exact) mass is 275 g/mol. The largest absolute Gasteiger partial charge is 0.544 e. The van der Waals surface area contributed by atoms with Gasteiger partial charge in [0.15, 0.2) is 0 Å². The van der Waals surface area contributed by atoms with E-state index in [4.69, 9.17) is 4.43 Å². The fourth-order valence-corrected chi connectivity index (χ4v) is 2.35. The van der Waals surface area contributed by atoms with E-state index < -0.39 is 8.32 Å². The standard InChI is InChI=1S/C16H25NOSi/c1-7-8-13-17-14-9-11-15(12-10-14)18-19(5,6)16(2,3)4/h9-12,17H,13H2,1-6H3. The molecule has 2 nitrogen and oxygen atoms in total. The van der Waals surface area contributed by atoms with Crippen molar-refractivity contribution in [3.8, 4) is 17.6 Å². The quantitative estimate of drug-likeness (QED) is 0.645. The first-order chi connectivity index (χ1) is 8.76. The van der Waals surface area contributed by atoms with E-state index in [0.29, 0.717) is 6.54 Å². The van der Waals surface area contributed by atoms with Gasteiger partial charge in [-0.2, -0.15) is 0 Å². The number of hydrogen-bond acceptors (Lipinski definition) is 2. The molecule has 0 aliphatic heterocycles. The third-order valence-electron chi connectivity index (χ3n) is 3.59. The summed E-state index contributed by atoms with van der Waals surface area (Å²) in [7, 11) is -1.74. The Kier molecular flexibility index (Phi) is 5.08. The third-order valence-corrected chi connectivity index (χ3v) is 7.95. The summed E-state index contributed by atoms with van der Waals surface area (Å²) in [5.74, 6) is 6.81. The van der Waals surface area contributed by atoms with Crippen LogP contribution >= 0.6 is 0 Å². The van der Waals surface area contributed by atoms with E-state index in [0.717, 1.165) is 11.4 Å². The summed E-state index contributed by atoms with van der Waals surface area (Å²) in [6, 6.07) is 8.14. The van der Waals surface area contributed by atoms with Crippen LogP contribution in [0.25, 0.3) is 0 Å². The summed E-state index contributed by atoms with van der Waals surface area (Å²) in [6.07, 6.45) is 0. The lowest BCUT2D eigenvalue weighted by atomic mass is 10.2. The minimum absolute atomic E-state index is 0.223. The molecule has 1 rings (SSSR count). The number of nitrogens with one attached hydrogen (secondary N) is 1. The van der Waals surface area contributed by atoms with Crippen molar-refractivity contribution in [2.45, 2.75) is 45.8 Å². The van der Waals surface area contributed by atoms with Crippen LogP contribution in [0.1, 0.15) is 27.7 Å². The SMILES string of the molecule is CC#CCNc1ccc(O[Si](C)(C)C(C)(C)C)cc1. The van der Waals surface area contributed by atoms with Gasteiger partial charge in [0.2, 0.25) is 8.32 Å². The molecular weight excluding hydrogens is 250 g/mol. The maximum absolute atomic E-state index is 6.23. The van der Waals surface area contributed by atoms with Crippen molar-refractivity contribution >= 4 is 14.0 Å². The van der Waals surface area contributed by atoms with Crippen LogP contribution in [0.3, 0.4) is 0 Å². The van der Waals surface area contributed by atoms with Gasteiger partial charge in [0, 0.05) is 5.69 Å². The molecular formula is C16H25NOSi. The van der Waals surface area contributed by atoms with Crippen LogP contribution in [-0.2, 0) is 0 Å². The van der Waals surface area contributed by atoms with Gasteiger partial charge in [-0.05, 0) is 49.3 Å². The van der Waals surface area contributed by atoms with E-state index >= 15 is 0 Å². The van der Waals surface area contributed by atoms with Crippen LogP contribution in [0, 0.1) is 11.8 Å². The molecule has 0 atom stereocenters. The van der Waals surface area contributed by atoms with Gasteiger partial charge in [0.05, 0.1) is 6.54 Å². The summed E-state index contributed by atoms with van der Waals surface area (Å²) in [6.45, 7) is 13.8. The molecule has 1 N–H and O–H groups in total. The molecule has 0 amide bonds. The van der Waals surface area contributed by atoms with E-state index in [1.165, 1.54) is 0 Å². The topological polar surface area (TPSA) is 21.3 Å². The molecule has 1 aromatic carbocycles. The van der Waals surface area contributed by atoms with Gasteiger partial charge in [-0.25, -0.2) is 0 Å². The zero-order valence-corrected chi connectivity index (χ0v) is 13.9. The fraction of sp³-hybridized carbons (Fsp3) is 0.500. The summed E-state index contributed by atoms with van der Waals surface area (Å²) in [5.41, 5.74) is 1.07. The first kappa shape index (κ1) is 15.7. The highest BCUT2D eigenvalue weighted by Gasteiger charge is 2.38. The maximum atomic E-state index is 6.23. The van der Waals surface area contributed by atoms with Gasteiger partial charge >= 0.3 is 0 Å². The number of anilines is 1. The smallest absolute Gasteiger partial charge is 0.250 e. The molecule has 104 valence electrons. The lowest BCUT2D eigenvalue weighted by Crippen LogP contribution is -2.43. The van der Waals surface area contributed by atoms with Gasteiger partial charge in [0.1, 0.15) is 5.75 Å². The molecule has 19 heavy (non-hydrogen) atoms. The van der Waals surface area contributed by atoms with Crippen LogP contribution in [0.15, 0.2) is 24.3 Å². The number of benzene rings is 1. The van der Waals surface area contributed by atoms with Gasteiger partial charge in [-0.15, -0.1) is 5.92 Å². The maximum Gasteiger partial charge on any atom is 0.250 e. The summed E-state index contributed by atoms with van der Waals surface area (Å²) in [4.78, 5) is 0. The third kappa shape index (κ3) is 4.64. The lowest BCUT2D eigenvalue weighted by molar-refractivity contribution is 0.492. The van der Waals surface area contributed by atoms with Crippen LogP contribution < -0.4 is 9.74 Å². The van der Waals surface area contributed by atoms with Gasteiger partial charge in [0.25, 0.3) is 0 Å². The molecule has 0 saturated carbocycles. The first-order valence-corrected chi connectivity index (χ1v) is 9.59. The fourth-order valence-electron chi connectivity index (χ4n) is 1.32. The second-order valence-corrected chi connectivity index (χ2v) is 10.9. The average Bonchev–Trinajstić information content (AvgIpc) is 2.30. The van der Waals surface area contributed by atoms with Crippen molar-refractivity contribution in [1.29, 1.82) is 0 Å². The normalized spacial score (nSPS) is 11.5. The van der Waals surface area contributed by atoms with E-state index in [1.54, 1.807) is 0 Å². The van der Waals surface area contributed by atoms with Crippen LogP contribution in [0.5, 0.6) is 5.75 Å². The van der Waals surface area contributed by atoms with Gasteiger partial charge in [-0.1, -0.05) is 26.7 Å². The Hall–Kier alpha value is -1.40. The minimum atomic E-state index is -1.74. The van der Waals surface area contributed by atoms with Gasteiger partial charge < -0.3 is 9.74 Å². The van der Waals surface area contributed by atoms with Crippen molar-refractivity contribution in [2.75, 3.05) is 11.9 Å². The molecule has 0 aliphatic carbocycles. The second kappa shape index (κ2) is 6.16.